The van der Waals surface area contributed by atoms with Crippen molar-refractivity contribution in [2.75, 3.05) is 6.26 Å². The summed E-state index contributed by atoms with van der Waals surface area (Å²) in [6.45, 7) is 1.67. The van der Waals surface area contributed by atoms with Crippen molar-refractivity contribution in [1.29, 1.82) is 0 Å². The summed E-state index contributed by atoms with van der Waals surface area (Å²) in [7, 11) is -3.08. The molecule has 0 heterocycles. The van der Waals surface area contributed by atoms with Gasteiger partial charge in [-0.25, -0.2) is 8.42 Å². The molecule has 2 unspecified atom stereocenters. The van der Waals surface area contributed by atoms with Gasteiger partial charge in [-0.3, -0.25) is 11.3 Å². The lowest BCUT2D eigenvalue weighted by atomic mass is 10.0. The van der Waals surface area contributed by atoms with Crippen molar-refractivity contribution >= 4 is 9.84 Å². The maximum atomic E-state index is 11.4. The van der Waals surface area contributed by atoms with E-state index < -0.39 is 15.1 Å². The minimum Gasteiger partial charge on any atom is -0.271 e. The van der Waals surface area contributed by atoms with Crippen LogP contribution in [0.25, 0.3) is 0 Å². The van der Waals surface area contributed by atoms with Crippen molar-refractivity contribution in [3.63, 3.8) is 0 Å². The first-order chi connectivity index (χ1) is 7.45. The van der Waals surface area contributed by atoms with Gasteiger partial charge in [-0.05, 0) is 18.9 Å². The largest absolute Gasteiger partial charge is 0.271 e. The molecule has 0 amide bonds. The molecule has 0 saturated carbocycles. The normalized spacial score (nSPS) is 15.7. The van der Waals surface area contributed by atoms with Crippen LogP contribution < -0.4 is 11.3 Å². The smallest absolute Gasteiger partial charge is 0.151 e. The fraction of sp³-hybridized carbons (Fsp3) is 0.455. The van der Waals surface area contributed by atoms with Gasteiger partial charge in [-0.15, -0.1) is 0 Å². The average molecular weight is 242 g/mol. The van der Waals surface area contributed by atoms with E-state index >= 15 is 0 Å². The highest BCUT2D eigenvalue weighted by molar-refractivity contribution is 7.91. The number of benzene rings is 1. The number of hydrazine groups is 1. The molecule has 0 aliphatic carbocycles. The number of nitrogens with two attached hydrogens (primary N) is 1. The predicted molar refractivity (Wildman–Crippen MR) is 65.6 cm³/mol. The summed E-state index contributed by atoms with van der Waals surface area (Å²) in [4.78, 5) is 0. The van der Waals surface area contributed by atoms with Crippen LogP contribution in [0.1, 0.15) is 12.5 Å². The monoisotopic (exact) mass is 242 g/mol. The first-order valence-corrected chi connectivity index (χ1v) is 7.09. The van der Waals surface area contributed by atoms with Crippen molar-refractivity contribution in [2.24, 2.45) is 5.84 Å². The Balaban J connectivity index is 2.77. The van der Waals surface area contributed by atoms with Gasteiger partial charge in [0.2, 0.25) is 0 Å². The van der Waals surface area contributed by atoms with Crippen LogP contribution in [-0.2, 0) is 16.3 Å². The molecule has 5 heteroatoms. The lowest BCUT2D eigenvalue weighted by Crippen LogP contribution is -2.47. The molecule has 2 atom stereocenters. The second kappa shape index (κ2) is 5.43. The predicted octanol–water partition coefficient (Wildman–Crippen LogP) is 0.494. The molecule has 1 aromatic rings. The molecular weight excluding hydrogens is 224 g/mol. The Morgan fingerprint density at radius 2 is 1.88 bits per heavy atom. The van der Waals surface area contributed by atoms with Crippen LogP contribution in [-0.4, -0.2) is 26.0 Å². The van der Waals surface area contributed by atoms with Gasteiger partial charge in [-0.2, -0.15) is 0 Å². The molecule has 90 valence electrons. The summed E-state index contributed by atoms with van der Waals surface area (Å²) in [6.07, 6.45) is 1.83. The van der Waals surface area contributed by atoms with Crippen LogP contribution in [0.15, 0.2) is 30.3 Å². The van der Waals surface area contributed by atoms with E-state index in [-0.39, 0.29) is 6.04 Å². The van der Waals surface area contributed by atoms with Crippen LogP contribution >= 0.6 is 0 Å². The summed E-state index contributed by atoms with van der Waals surface area (Å²) in [5.74, 6) is 5.40. The SMILES string of the molecule is CC(C(Cc1ccccc1)NN)S(C)(=O)=O. The van der Waals surface area contributed by atoms with E-state index in [4.69, 9.17) is 5.84 Å². The average Bonchev–Trinajstić information content (AvgIpc) is 2.25. The molecule has 16 heavy (non-hydrogen) atoms. The lowest BCUT2D eigenvalue weighted by molar-refractivity contribution is 0.494. The van der Waals surface area contributed by atoms with Crippen LogP contribution in [0.3, 0.4) is 0 Å². The highest BCUT2D eigenvalue weighted by atomic mass is 32.2. The Labute approximate surface area is 96.7 Å². The van der Waals surface area contributed by atoms with Crippen LogP contribution in [0.5, 0.6) is 0 Å². The number of nitrogens with one attached hydrogen (secondary N) is 1. The third-order valence-electron chi connectivity index (χ3n) is 2.75. The molecule has 0 aromatic heterocycles. The van der Waals surface area contributed by atoms with E-state index in [1.807, 2.05) is 30.3 Å². The molecule has 0 fully saturated rings. The quantitative estimate of drug-likeness (QED) is 0.582. The first kappa shape index (κ1) is 13.2. The summed E-state index contributed by atoms with van der Waals surface area (Å²) in [5, 5.41) is -0.502. The zero-order chi connectivity index (χ0) is 12.2. The summed E-state index contributed by atoms with van der Waals surface area (Å²) < 4.78 is 22.9. The number of sulfone groups is 1. The highest BCUT2D eigenvalue weighted by Crippen LogP contribution is 2.10. The minimum absolute atomic E-state index is 0.266. The second-order valence-electron chi connectivity index (χ2n) is 4.00. The van der Waals surface area contributed by atoms with Crippen LogP contribution in [0.2, 0.25) is 0 Å². The Morgan fingerprint density at radius 1 is 1.31 bits per heavy atom. The van der Waals surface area contributed by atoms with Gasteiger partial charge in [-0.1, -0.05) is 30.3 Å². The van der Waals surface area contributed by atoms with E-state index in [1.165, 1.54) is 6.26 Å². The van der Waals surface area contributed by atoms with Crippen molar-refractivity contribution in [3.8, 4) is 0 Å². The highest BCUT2D eigenvalue weighted by Gasteiger charge is 2.24. The molecule has 0 aliphatic heterocycles. The Bertz CT molecular complexity index is 417. The van der Waals surface area contributed by atoms with Gasteiger partial charge in [0.25, 0.3) is 0 Å². The van der Waals surface area contributed by atoms with Crippen LogP contribution in [0.4, 0.5) is 0 Å². The van der Waals surface area contributed by atoms with Crippen molar-refractivity contribution < 1.29 is 8.42 Å². The zero-order valence-electron chi connectivity index (χ0n) is 9.55. The van der Waals surface area contributed by atoms with E-state index in [0.717, 1.165) is 5.56 Å². The van der Waals surface area contributed by atoms with Gasteiger partial charge in [0.15, 0.2) is 9.84 Å². The second-order valence-corrected chi connectivity index (χ2v) is 6.40. The molecule has 4 nitrogen and oxygen atoms in total. The standard InChI is InChI=1S/C11H18N2O2S/c1-9(16(2,14)15)11(13-12)8-10-6-4-3-5-7-10/h3-7,9,11,13H,8,12H2,1-2H3. The molecule has 1 rings (SSSR count). The third kappa shape index (κ3) is 3.59. The van der Waals surface area contributed by atoms with Gasteiger partial charge < -0.3 is 0 Å². The van der Waals surface area contributed by atoms with E-state index in [2.05, 4.69) is 5.43 Å². The lowest BCUT2D eigenvalue weighted by Gasteiger charge is -2.21. The number of hydrogen-bond donors (Lipinski definition) is 2. The topological polar surface area (TPSA) is 72.2 Å². The van der Waals surface area contributed by atoms with Gasteiger partial charge >= 0.3 is 0 Å². The molecule has 0 spiro atoms. The first-order valence-electron chi connectivity index (χ1n) is 5.14. The van der Waals surface area contributed by atoms with Crippen LogP contribution in [0, 0.1) is 0 Å². The van der Waals surface area contributed by atoms with E-state index in [1.54, 1.807) is 6.92 Å². The molecule has 0 saturated heterocycles. The molecule has 0 bridgehead atoms. The maximum Gasteiger partial charge on any atom is 0.151 e. The summed E-state index contributed by atoms with van der Waals surface area (Å²) in [5.41, 5.74) is 3.65. The third-order valence-corrected chi connectivity index (χ3v) is 4.43. The fourth-order valence-corrected chi connectivity index (χ4v) is 2.30. The summed E-state index contributed by atoms with van der Waals surface area (Å²) >= 11 is 0. The zero-order valence-corrected chi connectivity index (χ0v) is 10.4. The number of hydrogen-bond acceptors (Lipinski definition) is 4. The van der Waals surface area contributed by atoms with Gasteiger partial charge in [0.1, 0.15) is 0 Å². The Kier molecular flexibility index (Phi) is 4.46. The van der Waals surface area contributed by atoms with E-state index in [0.29, 0.717) is 6.42 Å². The molecule has 1 aromatic carbocycles. The van der Waals surface area contributed by atoms with Gasteiger partial charge in [0.05, 0.1) is 5.25 Å². The van der Waals surface area contributed by atoms with Crippen molar-refractivity contribution in [2.45, 2.75) is 24.6 Å². The van der Waals surface area contributed by atoms with Crippen molar-refractivity contribution in [1.82, 2.24) is 5.43 Å². The number of rotatable bonds is 5. The molecule has 0 aliphatic rings. The van der Waals surface area contributed by atoms with E-state index in [9.17, 15) is 8.42 Å². The van der Waals surface area contributed by atoms with Gasteiger partial charge in [0, 0.05) is 12.3 Å². The summed E-state index contributed by atoms with van der Waals surface area (Å²) in [6, 6.07) is 9.42. The fourth-order valence-electron chi connectivity index (χ4n) is 1.53. The Morgan fingerprint density at radius 3 is 2.31 bits per heavy atom. The maximum absolute atomic E-state index is 11.4. The van der Waals surface area contributed by atoms with Crippen molar-refractivity contribution in [3.05, 3.63) is 35.9 Å². The molecule has 3 N–H and O–H groups in total. The molecule has 0 radical (unpaired) electrons. The molecular formula is C11H18N2O2S. The Hall–Kier alpha value is -0.910. The minimum atomic E-state index is -3.08.